The fourth-order valence-corrected chi connectivity index (χ4v) is 0.943. The lowest BCUT2D eigenvalue weighted by Gasteiger charge is -1.83. The monoisotopic (exact) mass is 151 g/mol. The highest BCUT2D eigenvalue weighted by Crippen LogP contribution is 2.33. The largest absolute Gasteiger partial charge is 0.480 e. The van der Waals surface area contributed by atoms with Gasteiger partial charge >= 0.3 is 5.95 Å². The average molecular weight is 151 g/mol. The van der Waals surface area contributed by atoms with E-state index in [0.717, 1.165) is 0 Å². The van der Waals surface area contributed by atoms with E-state index in [1.165, 1.54) is 6.20 Å². The Morgan fingerprint density at radius 1 is 1.27 bits per heavy atom. The number of furan rings is 1. The molecule has 2 heterocycles. The van der Waals surface area contributed by atoms with Gasteiger partial charge in [0.2, 0.25) is 0 Å². The van der Waals surface area contributed by atoms with Gasteiger partial charge in [-0.3, -0.25) is 0 Å². The summed E-state index contributed by atoms with van der Waals surface area (Å²) in [6, 6.07) is 3.26. The molecule has 0 unspecified atom stereocenters. The first-order valence-electron chi connectivity index (χ1n) is 3.04. The van der Waals surface area contributed by atoms with Gasteiger partial charge < -0.3 is 14.6 Å². The number of pyridine rings is 1. The van der Waals surface area contributed by atoms with Crippen molar-refractivity contribution in [3.63, 3.8) is 0 Å². The Balaban J connectivity index is 2.95. The molecule has 0 saturated heterocycles. The van der Waals surface area contributed by atoms with Crippen LogP contribution in [-0.4, -0.2) is 15.2 Å². The van der Waals surface area contributed by atoms with Crippen molar-refractivity contribution >= 4 is 10.9 Å². The third-order valence-corrected chi connectivity index (χ3v) is 1.43. The van der Waals surface area contributed by atoms with Crippen LogP contribution in [0.25, 0.3) is 10.9 Å². The Labute approximate surface area is 61.7 Å². The molecule has 4 heteroatoms. The van der Waals surface area contributed by atoms with Gasteiger partial charge in [-0.25, -0.2) is 4.98 Å². The first-order valence-corrected chi connectivity index (χ1v) is 3.04. The number of nitrogens with zero attached hydrogens (tertiary/aromatic N) is 1. The lowest BCUT2D eigenvalue weighted by Crippen LogP contribution is -1.69. The molecule has 0 radical (unpaired) electrons. The predicted octanol–water partition coefficient (Wildman–Crippen LogP) is 1.24. The van der Waals surface area contributed by atoms with Crippen molar-refractivity contribution < 1.29 is 14.6 Å². The second-order valence-electron chi connectivity index (χ2n) is 2.11. The molecule has 2 aromatic rings. The SMILES string of the molecule is Oc1oc(O)c2ncccc12. The van der Waals surface area contributed by atoms with Gasteiger partial charge in [-0.1, -0.05) is 0 Å². The molecule has 0 saturated carbocycles. The van der Waals surface area contributed by atoms with Crippen molar-refractivity contribution in [1.82, 2.24) is 4.98 Å². The summed E-state index contributed by atoms with van der Waals surface area (Å²) in [4.78, 5) is 3.80. The fourth-order valence-electron chi connectivity index (χ4n) is 0.943. The van der Waals surface area contributed by atoms with Gasteiger partial charge in [-0.05, 0) is 12.1 Å². The molecule has 2 rings (SSSR count). The highest BCUT2D eigenvalue weighted by molar-refractivity contribution is 5.86. The number of aromatic nitrogens is 1. The van der Waals surface area contributed by atoms with Crippen LogP contribution >= 0.6 is 0 Å². The molecule has 0 amide bonds. The number of aromatic hydroxyl groups is 2. The van der Waals surface area contributed by atoms with Crippen LogP contribution < -0.4 is 0 Å². The summed E-state index contributed by atoms with van der Waals surface area (Å²) in [5.41, 5.74) is 0.282. The first-order chi connectivity index (χ1) is 5.29. The van der Waals surface area contributed by atoms with Crippen molar-refractivity contribution in [2.75, 3.05) is 0 Å². The minimum atomic E-state index is -0.349. The van der Waals surface area contributed by atoms with Crippen LogP contribution in [-0.2, 0) is 0 Å². The zero-order valence-electron chi connectivity index (χ0n) is 5.48. The maximum atomic E-state index is 9.03. The van der Waals surface area contributed by atoms with Crippen LogP contribution in [0.2, 0.25) is 0 Å². The molecule has 0 spiro atoms. The zero-order valence-corrected chi connectivity index (χ0v) is 5.48. The predicted molar refractivity (Wildman–Crippen MR) is 37.3 cm³/mol. The molecular weight excluding hydrogens is 146 g/mol. The molecule has 0 aliphatic carbocycles. The van der Waals surface area contributed by atoms with Crippen molar-refractivity contribution in [3.8, 4) is 11.9 Å². The van der Waals surface area contributed by atoms with E-state index >= 15 is 0 Å². The highest BCUT2D eigenvalue weighted by atomic mass is 16.5. The molecule has 0 fully saturated rings. The Hall–Kier alpha value is -1.71. The van der Waals surface area contributed by atoms with Crippen molar-refractivity contribution in [3.05, 3.63) is 18.3 Å². The Kier molecular flexibility index (Phi) is 1.03. The Morgan fingerprint density at radius 2 is 2.09 bits per heavy atom. The van der Waals surface area contributed by atoms with Gasteiger partial charge in [0, 0.05) is 6.20 Å². The molecule has 11 heavy (non-hydrogen) atoms. The van der Waals surface area contributed by atoms with E-state index in [1.54, 1.807) is 12.1 Å². The van der Waals surface area contributed by atoms with E-state index in [0.29, 0.717) is 5.39 Å². The Morgan fingerprint density at radius 3 is 2.82 bits per heavy atom. The molecule has 56 valence electrons. The molecule has 4 nitrogen and oxygen atoms in total. The summed E-state index contributed by atoms with van der Waals surface area (Å²) in [5, 5.41) is 18.4. The van der Waals surface area contributed by atoms with E-state index < -0.39 is 0 Å². The normalized spacial score (nSPS) is 10.5. The zero-order chi connectivity index (χ0) is 7.84. The summed E-state index contributed by atoms with van der Waals surface area (Å²) in [5.74, 6) is -0.649. The van der Waals surface area contributed by atoms with Gasteiger partial charge in [-0.15, -0.1) is 0 Å². The maximum Gasteiger partial charge on any atom is 0.312 e. The van der Waals surface area contributed by atoms with Crippen molar-refractivity contribution in [2.24, 2.45) is 0 Å². The molecule has 0 atom stereocenters. The third kappa shape index (κ3) is 0.724. The van der Waals surface area contributed by atoms with E-state index in [4.69, 9.17) is 10.2 Å². The van der Waals surface area contributed by atoms with Gasteiger partial charge in [0.15, 0.2) is 5.52 Å². The van der Waals surface area contributed by atoms with Crippen LogP contribution in [0.15, 0.2) is 22.7 Å². The molecule has 0 aliphatic heterocycles. The van der Waals surface area contributed by atoms with E-state index in [9.17, 15) is 0 Å². The molecule has 0 aliphatic rings. The van der Waals surface area contributed by atoms with Crippen LogP contribution in [0.1, 0.15) is 0 Å². The van der Waals surface area contributed by atoms with E-state index in [1.807, 2.05) is 0 Å². The lowest BCUT2D eigenvalue weighted by atomic mass is 10.3. The van der Waals surface area contributed by atoms with E-state index in [-0.39, 0.29) is 17.4 Å². The molecule has 2 aromatic heterocycles. The number of fused-ring (bicyclic) bond motifs is 1. The molecular formula is C7H5NO3. The van der Waals surface area contributed by atoms with Gasteiger partial charge in [-0.2, -0.15) is 0 Å². The van der Waals surface area contributed by atoms with Crippen molar-refractivity contribution in [2.45, 2.75) is 0 Å². The van der Waals surface area contributed by atoms with E-state index in [2.05, 4.69) is 9.40 Å². The summed E-state index contributed by atoms with van der Waals surface area (Å²) >= 11 is 0. The van der Waals surface area contributed by atoms with Crippen LogP contribution in [0.3, 0.4) is 0 Å². The smallest absolute Gasteiger partial charge is 0.312 e. The third-order valence-electron chi connectivity index (χ3n) is 1.43. The van der Waals surface area contributed by atoms with Crippen molar-refractivity contribution in [1.29, 1.82) is 0 Å². The number of rotatable bonds is 0. The maximum absolute atomic E-state index is 9.03. The van der Waals surface area contributed by atoms with Gasteiger partial charge in [0.05, 0.1) is 5.39 Å². The van der Waals surface area contributed by atoms with Crippen LogP contribution in [0.5, 0.6) is 11.9 Å². The second kappa shape index (κ2) is 1.88. The minimum Gasteiger partial charge on any atom is -0.480 e. The summed E-state index contributed by atoms with van der Waals surface area (Å²) in [7, 11) is 0. The van der Waals surface area contributed by atoms with Gasteiger partial charge in [0.25, 0.3) is 5.95 Å². The lowest BCUT2D eigenvalue weighted by molar-refractivity contribution is 0.269. The second-order valence-corrected chi connectivity index (χ2v) is 2.11. The summed E-state index contributed by atoms with van der Waals surface area (Å²) in [6.07, 6.45) is 1.51. The molecule has 2 N–H and O–H groups in total. The van der Waals surface area contributed by atoms with Crippen LogP contribution in [0.4, 0.5) is 0 Å². The number of hydrogen-bond acceptors (Lipinski definition) is 4. The quantitative estimate of drug-likeness (QED) is 0.594. The highest BCUT2D eigenvalue weighted by Gasteiger charge is 2.10. The fraction of sp³-hybridized carbons (Fsp3) is 0. The average Bonchev–Trinajstić information content (AvgIpc) is 2.30. The van der Waals surface area contributed by atoms with Gasteiger partial charge in [0.1, 0.15) is 0 Å². The number of hydrogen-bond donors (Lipinski definition) is 2. The standard InChI is InChI=1S/C7H5NO3/c9-6-4-2-1-3-8-5(4)7(10)11-6/h1-3,9-10H. The molecule has 0 bridgehead atoms. The summed E-state index contributed by atoms with van der Waals surface area (Å²) in [6.45, 7) is 0. The Bertz CT molecular complexity index is 357. The summed E-state index contributed by atoms with van der Waals surface area (Å²) < 4.78 is 4.51. The first kappa shape index (κ1) is 6.03. The topological polar surface area (TPSA) is 66.5 Å². The minimum absolute atomic E-state index is 0.282. The van der Waals surface area contributed by atoms with Crippen LogP contribution in [0, 0.1) is 0 Å². The molecule has 0 aromatic carbocycles.